The van der Waals surface area contributed by atoms with Crippen LogP contribution in [0.1, 0.15) is 54.4 Å². The zero-order chi connectivity index (χ0) is 36.5. The molecule has 1 aliphatic carbocycles. The van der Waals surface area contributed by atoms with Gasteiger partial charge in [0.15, 0.2) is 11.5 Å². The van der Waals surface area contributed by atoms with Gasteiger partial charge in [-0.05, 0) is 85.3 Å². The largest absolute Gasteiger partial charge is 0.493 e. The maximum atomic E-state index is 14.9. The first-order chi connectivity index (χ1) is 24.5. The molecule has 9 nitrogen and oxygen atoms in total. The van der Waals surface area contributed by atoms with Crippen LogP contribution in [0.2, 0.25) is 0 Å². The lowest BCUT2D eigenvalue weighted by atomic mass is 9.94. The number of anilines is 1. The van der Waals surface area contributed by atoms with Gasteiger partial charge in [-0.15, -0.1) is 0 Å². The highest BCUT2D eigenvalue weighted by molar-refractivity contribution is 9.10. The Balaban J connectivity index is 1.60. The average Bonchev–Trinajstić information content (AvgIpc) is 3.12. The van der Waals surface area contributed by atoms with Gasteiger partial charge >= 0.3 is 0 Å². The summed E-state index contributed by atoms with van der Waals surface area (Å²) in [7, 11) is -1.43. The first-order valence-electron chi connectivity index (χ1n) is 17.2. The van der Waals surface area contributed by atoms with Gasteiger partial charge in [-0.1, -0.05) is 83.7 Å². The van der Waals surface area contributed by atoms with Crippen LogP contribution in [0.5, 0.6) is 11.5 Å². The number of hydrogen-bond donors (Lipinski definition) is 1. The van der Waals surface area contributed by atoms with Gasteiger partial charge in [0, 0.05) is 29.5 Å². The number of ether oxygens (including phenoxy) is 2. The Hall–Kier alpha value is -4.35. The maximum absolute atomic E-state index is 14.9. The van der Waals surface area contributed by atoms with Gasteiger partial charge in [0.05, 0.1) is 24.8 Å². The van der Waals surface area contributed by atoms with E-state index in [9.17, 15) is 18.0 Å². The smallest absolute Gasteiger partial charge is 0.264 e. The quantitative estimate of drug-likeness (QED) is 0.144. The van der Waals surface area contributed by atoms with Crippen molar-refractivity contribution in [3.63, 3.8) is 0 Å². The number of hydrogen-bond acceptors (Lipinski definition) is 6. The molecule has 1 saturated carbocycles. The third kappa shape index (κ3) is 9.71. The third-order valence-electron chi connectivity index (χ3n) is 9.18. The molecule has 5 rings (SSSR count). The monoisotopic (exact) mass is 775 g/mol. The molecule has 2 amide bonds. The van der Waals surface area contributed by atoms with E-state index >= 15 is 0 Å². The Labute approximate surface area is 310 Å². The van der Waals surface area contributed by atoms with Crippen molar-refractivity contribution in [2.24, 2.45) is 0 Å². The van der Waals surface area contributed by atoms with E-state index in [2.05, 4.69) is 21.2 Å². The van der Waals surface area contributed by atoms with E-state index in [1.807, 2.05) is 74.5 Å². The molecule has 1 aliphatic rings. The molecule has 0 aliphatic heterocycles. The zero-order valence-electron chi connectivity index (χ0n) is 29.6. The fraction of sp³-hybridized carbons (Fsp3) is 0.350. The minimum atomic E-state index is -4.34. The molecule has 0 spiro atoms. The molecule has 11 heteroatoms. The Bertz CT molecular complexity index is 1910. The second kappa shape index (κ2) is 17.2. The normalized spacial score (nSPS) is 14.0. The number of aryl methyl sites for hydroxylation is 2. The first-order valence-corrected chi connectivity index (χ1v) is 19.4. The topological polar surface area (TPSA) is 105 Å². The summed E-state index contributed by atoms with van der Waals surface area (Å²) in [6.45, 7) is 3.30. The van der Waals surface area contributed by atoms with Crippen LogP contribution in [0.3, 0.4) is 0 Å². The van der Waals surface area contributed by atoms with E-state index in [0.717, 1.165) is 63.1 Å². The predicted molar refractivity (Wildman–Crippen MR) is 204 cm³/mol. The number of halogens is 1. The van der Waals surface area contributed by atoms with Crippen molar-refractivity contribution in [1.82, 2.24) is 10.2 Å². The summed E-state index contributed by atoms with van der Waals surface area (Å²) >= 11 is 3.54. The van der Waals surface area contributed by atoms with Crippen LogP contribution in [-0.4, -0.2) is 58.0 Å². The molecule has 1 N–H and O–H groups in total. The number of amides is 2. The minimum absolute atomic E-state index is 0.0181. The second-order valence-corrected chi connectivity index (χ2v) is 15.9. The number of carbonyl (C=O) groups is 2. The van der Waals surface area contributed by atoms with Crippen molar-refractivity contribution in [1.29, 1.82) is 0 Å². The number of nitrogens with one attached hydrogen (secondary N) is 1. The molecule has 0 saturated heterocycles. The van der Waals surface area contributed by atoms with E-state index < -0.39 is 28.5 Å². The van der Waals surface area contributed by atoms with Crippen molar-refractivity contribution in [2.75, 3.05) is 25.1 Å². The van der Waals surface area contributed by atoms with Gasteiger partial charge < -0.3 is 19.7 Å². The van der Waals surface area contributed by atoms with E-state index in [0.29, 0.717) is 11.4 Å². The van der Waals surface area contributed by atoms with Crippen molar-refractivity contribution >= 4 is 43.5 Å². The summed E-state index contributed by atoms with van der Waals surface area (Å²) in [5.41, 5.74) is 3.69. The van der Waals surface area contributed by atoms with Crippen LogP contribution in [0, 0.1) is 13.8 Å². The Kier molecular flexibility index (Phi) is 12.8. The molecule has 0 heterocycles. The van der Waals surface area contributed by atoms with Gasteiger partial charge in [0.1, 0.15) is 12.6 Å². The molecule has 1 fully saturated rings. The maximum Gasteiger partial charge on any atom is 0.264 e. The van der Waals surface area contributed by atoms with Crippen LogP contribution in [0.25, 0.3) is 0 Å². The van der Waals surface area contributed by atoms with Crippen molar-refractivity contribution in [3.8, 4) is 11.5 Å². The summed E-state index contributed by atoms with van der Waals surface area (Å²) in [5.74, 6) is -0.157. The Morgan fingerprint density at radius 2 is 1.49 bits per heavy atom. The number of nitrogens with zero attached hydrogens (tertiary/aromatic N) is 2. The van der Waals surface area contributed by atoms with Crippen molar-refractivity contribution < 1.29 is 27.5 Å². The number of benzene rings is 4. The summed E-state index contributed by atoms with van der Waals surface area (Å²) in [4.78, 5) is 30.7. The highest BCUT2D eigenvalue weighted by Crippen LogP contribution is 2.33. The van der Waals surface area contributed by atoms with Gasteiger partial charge in [0.2, 0.25) is 11.8 Å². The lowest BCUT2D eigenvalue weighted by Gasteiger charge is -2.35. The molecule has 1 unspecified atom stereocenters. The van der Waals surface area contributed by atoms with Gasteiger partial charge in [0.25, 0.3) is 10.0 Å². The van der Waals surface area contributed by atoms with E-state index in [1.54, 1.807) is 12.1 Å². The minimum Gasteiger partial charge on any atom is -0.493 e. The fourth-order valence-corrected chi connectivity index (χ4v) is 8.52. The average molecular weight is 777 g/mol. The Morgan fingerprint density at radius 1 is 0.824 bits per heavy atom. The molecule has 4 aromatic carbocycles. The SMILES string of the molecule is COc1ccc(S(=O)(=O)N(CC(=O)N(Cc2cccc(Br)c2)C(Cc2ccccc2)C(=O)NC2CCCCC2)c2cc(C)cc(C)c2)cc1OC. The molecular formula is C40H46BrN3O6S. The summed E-state index contributed by atoms with van der Waals surface area (Å²) in [5, 5.41) is 3.25. The van der Waals surface area contributed by atoms with Crippen molar-refractivity contribution in [2.45, 2.75) is 75.9 Å². The third-order valence-corrected chi connectivity index (χ3v) is 11.4. The highest BCUT2D eigenvalue weighted by atomic mass is 79.9. The summed E-state index contributed by atoms with van der Waals surface area (Å²) in [6, 6.07) is 26.1. The summed E-state index contributed by atoms with van der Waals surface area (Å²) in [6.07, 6.45) is 5.23. The van der Waals surface area contributed by atoms with Gasteiger partial charge in [-0.25, -0.2) is 8.42 Å². The Morgan fingerprint density at radius 3 is 2.14 bits per heavy atom. The molecular weight excluding hydrogens is 730 g/mol. The van der Waals surface area contributed by atoms with Crippen LogP contribution >= 0.6 is 15.9 Å². The number of rotatable bonds is 14. The predicted octanol–water partition coefficient (Wildman–Crippen LogP) is 7.37. The zero-order valence-corrected chi connectivity index (χ0v) is 32.0. The number of sulfonamides is 1. The molecule has 270 valence electrons. The first kappa shape index (κ1) is 37.9. The molecule has 4 aromatic rings. The molecule has 0 aromatic heterocycles. The van der Waals surface area contributed by atoms with Crippen molar-refractivity contribution in [3.05, 3.63) is 118 Å². The van der Waals surface area contributed by atoms with E-state index in [4.69, 9.17) is 9.47 Å². The highest BCUT2D eigenvalue weighted by Gasteiger charge is 2.36. The van der Waals surface area contributed by atoms with E-state index in [-0.39, 0.29) is 35.6 Å². The number of methoxy groups -OCH3 is 2. The second-order valence-electron chi connectivity index (χ2n) is 13.1. The summed E-state index contributed by atoms with van der Waals surface area (Å²) < 4.78 is 42.0. The number of carbonyl (C=O) groups excluding carboxylic acids is 2. The standard InChI is InChI=1S/C40H46BrN3O6S/c1-28-20-29(2)22-34(21-28)44(51(47,48)35-18-19-37(49-3)38(25-35)50-4)27-39(45)43(26-31-14-11-15-32(41)23-31)36(24-30-12-7-5-8-13-30)40(46)42-33-16-9-6-10-17-33/h5,7-8,11-15,18-23,25,33,36H,6,9-10,16-17,24,26-27H2,1-4H3,(H,42,46). The molecule has 0 radical (unpaired) electrons. The van der Waals surface area contributed by atoms with Gasteiger partial charge in [-0.2, -0.15) is 0 Å². The van der Waals surface area contributed by atoms with Gasteiger partial charge in [-0.3, -0.25) is 13.9 Å². The van der Waals surface area contributed by atoms with Crippen LogP contribution in [0.15, 0.2) is 100 Å². The lowest BCUT2D eigenvalue weighted by Crippen LogP contribution is -2.55. The molecule has 51 heavy (non-hydrogen) atoms. The van der Waals surface area contributed by atoms with Crippen LogP contribution < -0.4 is 19.1 Å². The lowest BCUT2D eigenvalue weighted by molar-refractivity contribution is -0.140. The van der Waals surface area contributed by atoms with E-state index in [1.165, 1.54) is 37.3 Å². The molecule has 1 atom stereocenters. The van der Waals surface area contributed by atoms with Crippen LogP contribution in [-0.2, 0) is 32.6 Å². The molecule has 0 bridgehead atoms. The fourth-order valence-electron chi connectivity index (χ4n) is 6.66. The van der Waals surface area contributed by atoms with Crippen LogP contribution in [0.4, 0.5) is 5.69 Å².